The highest BCUT2D eigenvalue weighted by molar-refractivity contribution is 9.10. The zero-order chi connectivity index (χ0) is 21.0. The van der Waals surface area contributed by atoms with Crippen molar-refractivity contribution in [2.24, 2.45) is 5.92 Å². The molecule has 0 bridgehead atoms. The van der Waals surface area contributed by atoms with Crippen LogP contribution >= 0.6 is 15.9 Å². The predicted octanol–water partition coefficient (Wildman–Crippen LogP) is 3.64. The van der Waals surface area contributed by atoms with Crippen LogP contribution < -0.4 is 14.8 Å². The first kappa shape index (κ1) is 21.1. The SMILES string of the molecule is COc1ccc(CCN2C[C@H](C(=O)Nc3ccc(Br)cc3F)CC2=O)cc1OC. The van der Waals surface area contributed by atoms with Crippen LogP contribution in [0.4, 0.5) is 10.1 Å². The van der Waals surface area contributed by atoms with Crippen LogP contribution in [-0.2, 0) is 16.0 Å². The zero-order valence-electron chi connectivity index (χ0n) is 16.2. The maximum absolute atomic E-state index is 13.9. The molecular weight excluding hydrogens is 443 g/mol. The molecule has 8 heteroatoms. The highest BCUT2D eigenvalue weighted by atomic mass is 79.9. The minimum absolute atomic E-state index is 0.0816. The van der Waals surface area contributed by atoms with E-state index in [2.05, 4.69) is 21.2 Å². The number of methoxy groups -OCH3 is 2. The van der Waals surface area contributed by atoms with Crippen LogP contribution in [0.25, 0.3) is 0 Å². The van der Waals surface area contributed by atoms with Gasteiger partial charge in [-0.15, -0.1) is 0 Å². The van der Waals surface area contributed by atoms with E-state index >= 15 is 0 Å². The quantitative estimate of drug-likeness (QED) is 0.679. The van der Waals surface area contributed by atoms with Crippen LogP contribution in [-0.4, -0.2) is 44.0 Å². The summed E-state index contributed by atoms with van der Waals surface area (Å²) in [6, 6.07) is 10.0. The van der Waals surface area contributed by atoms with Crippen molar-refractivity contribution >= 4 is 33.4 Å². The lowest BCUT2D eigenvalue weighted by Crippen LogP contribution is -2.30. The number of carbonyl (C=O) groups is 2. The van der Waals surface area contributed by atoms with Crippen LogP contribution in [0.5, 0.6) is 11.5 Å². The monoisotopic (exact) mass is 464 g/mol. The first-order chi connectivity index (χ1) is 13.9. The standard InChI is InChI=1S/C21H22BrFN2O4/c1-28-18-6-3-13(9-19(18)29-2)7-8-25-12-14(10-20(25)26)21(27)24-17-5-4-15(22)11-16(17)23/h3-6,9,11,14H,7-8,10,12H2,1-2H3,(H,24,27)/t14-/m1/s1. The molecule has 1 aliphatic rings. The molecule has 1 N–H and O–H groups in total. The summed E-state index contributed by atoms with van der Waals surface area (Å²) in [6.07, 6.45) is 0.748. The Morgan fingerprint density at radius 1 is 1.21 bits per heavy atom. The Kier molecular flexibility index (Phi) is 6.74. The summed E-state index contributed by atoms with van der Waals surface area (Å²) in [7, 11) is 3.15. The molecule has 3 rings (SSSR count). The lowest BCUT2D eigenvalue weighted by Gasteiger charge is -2.17. The van der Waals surface area contributed by atoms with Gasteiger partial charge in [-0.3, -0.25) is 9.59 Å². The molecule has 0 aliphatic carbocycles. The Labute approximate surface area is 177 Å². The molecule has 2 aromatic carbocycles. The third kappa shape index (κ3) is 5.06. The summed E-state index contributed by atoms with van der Waals surface area (Å²) in [6.45, 7) is 0.806. The van der Waals surface area contributed by atoms with Crippen LogP contribution in [0.3, 0.4) is 0 Å². The van der Waals surface area contributed by atoms with Gasteiger partial charge in [0.25, 0.3) is 0 Å². The van der Waals surface area contributed by atoms with Crippen molar-refractivity contribution in [2.75, 3.05) is 32.6 Å². The van der Waals surface area contributed by atoms with Gasteiger partial charge in [0.2, 0.25) is 11.8 Å². The Morgan fingerprint density at radius 3 is 2.66 bits per heavy atom. The van der Waals surface area contributed by atoms with E-state index in [0.29, 0.717) is 35.5 Å². The molecule has 0 aromatic heterocycles. The molecule has 6 nitrogen and oxygen atoms in total. The zero-order valence-corrected chi connectivity index (χ0v) is 17.8. The predicted molar refractivity (Wildman–Crippen MR) is 111 cm³/mol. The lowest BCUT2D eigenvalue weighted by molar-refractivity contribution is -0.128. The van der Waals surface area contributed by atoms with Gasteiger partial charge in [-0.2, -0.15) is 0 Å². The molecule has 154 valence electrons. The molecule has 0 radical (unpaired) electrons. The second kappa shape index (κ2) is 9.26. The number of rotatable bonds is 7. The average Bonchev–Trinajstić information content (AvgIpc) is 3.09. The number of halogens is 2. The van der Waals surface area contributed by atoms with E-state index < -0.39 is 11.7 Å². The fourth-order valence-corrected chi connectivity index (χ4v) is 3.62. The lowest BCUT2D eigenvalue weighted by atomic mass is 10.1. The van der Waals surface area contributed by atoms with Crippen LogP contribution in [0.2, 0.25) is 0 Å². The third-order valence-electron chi connectivity index (χ3n) is 4.89. The molecule has 0 unspecified atom stereocenters. The first-order valence-corrected chi connectivity index (χ1v) is 9.95. The summed E-state index contributed by atoms with van der Waals surface area (Å²) >= 11 is 3.18. The normalized spacial score (nSPS) is 16.1. The first-order valence-electron chi connectivity index (χ1n) is 9.16. The van der Waals surface area contributed by atoms with E-state index in [1.165, 1.54) is 12.1 Å². The van der Waals surface area contributed by atoms with Crippen molar-refractivity contribution in [2.45, 2.75) is 12.8 Å². The Bertz CT molecular complexity index is 922. The van der Waals surface area contributed by atoms with Crippen LogP contribution in [0.15, 0.2) is 40.9 Å². The number of carbonyl (C=O) groups excluding carboxylic acids is 2. The van der Waals surface area contributed by atoms with Gasteiger partial charge < -0.3 is 19.7 Å². The number of hydrogen-bond donors (Lipinski definition) is 1. The number of benzene rings is 2. The molecule has 1 saturated heterocycles. The van der Waals surface area contributed by atoms with Gasteiger partial charge in [-0.05, 0) is 42.3 Å². The van der Waals surface area contributed by atoms with Crippen molar-refractivity contribution in [1.82, 2.24) is 4.90 Å². The summed E-state index contributed by atoms with van der Waals surface area (Å²) in [5.74, 6) is -0.190. The maximum atomic E-state index is 13.9. The van der Waals surface area contributed by atoms with Gasteiger partial charge in [0.1, 0.15) is 5.82 Å². The topological polar surface area (TPSA) is 67.9 Å². The van der Waals surface area contributed by atoms with Gasteiger partial charge in [-0.1, -0.05) is 22.0 Å². The Morgan fingerprint density at radius 2 is 1.97 bits per heavy atom. The van der Waals surface area contributed by atoms with Crippen LogP contribution in [0.1, 0.15) is 12.0 Å². The Balaban J connectivity index is 1.58. The summed E-state index contributed by atoms with van der Waals surface area (Å²) in [5, 5.41) is 2.58. The molecule has 0 spiro atoms. The molecule has 29 heavy (non-hydrogen) atoms. The van der Waals surface area contributed by atoms with E-state index in [1.54, 1.807) is 25.2 Å². The molecule has 1 heterocycles. The van der Waals surface area contributed by atoms with E-state index in [4.69, 9.17) is 9.47 Å². The van der Waals surface area contributed by atoms with Gasteiger partial charge in [0.05, 0.1) is 25.8 Å². The molecule has 2 amide bonds. The minimum atomic E-state index is -0.526. The van der Waals surface area contributed by atoms with Gasteiger partial charge in [0.15, 0.2) is 11.5 Å². The minimum Gasteiger partial charge on any atom is -0.493 e. The summed E-state index contributed by atoms with van der Waals surface area (Å²) in [4.78, 5) is 26.5. The molecule has 2 aromatic rings. The second-order valence-corrected chi connectivity index (χ2v) is 7.71. The van der Waals surface area contributed by atoms with Crippen molar-refractivity contribution in [1.29, 1.82) is 0 Å². The van der Waals surface area contributed by atoms with E-state index in [1.807, 2.05) is 18.2 Å². The fraction of sp³-hybridized carbons (Fsp3) is 0.333. The number of anilines is 1. The van der Waals surface area contributed by atoms with E-state index in [0.717, 1.165) is 5.56 Å². The van der Waals surface area contributed by atoms with Crippen molar-refractivity contribution in [3.05, 3.63) is 52.3 Å². The number of likely N-dealkylation sites (tertiary alicyclic amines) is 1. The number of ether oxygens (including phenoxy) is 2. The van der Waals surface area contributed by atoms with Crippen molar-refractivity contribution in [3.8, 4) is 11.5 Å². The highest BCUT2D eigenvalue weighted by Gasteiger charge is 2.34. The number of amides is 2. The molecule has 1 atom stereocenters. The van der Waals surface area contributed by atoms with Gasteiger partial charge in [0, 0.05) is 24.0 Å². The van der Waals surface area contributed by atoms with E-state index in [-0.39, 0.29) is 23.9 Å². The van der Waals surface area contributed by atoms with Crippen LogP contribution in [0, 0.1) is 11.7 Å². The van der Waals surface area contributed by atoms with Crippen molar-refractivity contribution < 1.29 is 23.5 Å². The molecular formula is C21H22BrFN2O4. The maximum Gasteiger partial charge on any atom is 0.229 e. The second-order valence-electron chi connectivity index (χ2n) is 6.79. The smallest absolute Gasteiger partial charge is 0.229 e. The molecule has 1 fully saturated rings. The highest BCUT2D eigenvalue weighted by Crippen LogP contribution is 2.28. The summed E-state index contributed by atoms with van der Waals surface area (Å²) < 4.78 is 25.0. The Hall–Kier alpha value is -2.61. The average molecular weight is 465 g/mol. The largest absolute Gasteiger partial charge is 0.493 e. The number of nitrogens with one attached hydrogen (secondary N) is 1. The summed E-state index contributed by atoms with van der Waals surface area (Å²) in [5.41, 5.74) is 1.11. The third-order valence-corrected chi connectivity index (χ3v) is 5.39. The number of nitrogens with zero attached hydrogens (tertiary/aromatic N) is 1. The fourth-order valence-electron chi connectivity index (χ4n) is 3.29. The van der Waals surface area contributed by atoms with E-state index in [9.17, 15) is 14.0 Å². The molecule has 0 saturated carbocycles. The van der Waals surface area contributed by atoms with Gasteiger partial charge in [-0.25, -0.2) is 4.39 Å². The van der Waals surface area contributed by atoms with Crippen molar-refractivity contribution in [3.63, 3.8) is 0 Å². The van der Waals surface area contributed by atoms with Gasteiger partial charge >= 0.3 is 0 Å². The molecule has 1 aliphatic heterocycles. The number of hydrogen-bond acceptors (Lipinski definition) is 4.